The Labute approximate surface area is 215 Å². The summed E-state index contributed by atoms with van der Waals surface area (Å²) in [5.74, 6) is -0.306. The molecule has 0 atom stereocenters. The van der Waals surface area contributed by atoms with Crippen molar-refractivity contribution >= 4 is 45.9 Å². The Balaban J connectivity index is 1.16. The first kappa shape index (κ1) is 25.1. The summed E-state index contributed by atoms with van der Waals surface area (Å²) in [6, 6.07) is 33.1. The van der Waals surface area contributed by atoms with Crippen molar-refractivity contribution < 1.29 is 9.59 Å². The summed E-state index contributed by atoms with van der Waals surface area (Å²) in [6.45, 7) is 0. The topological polar surface area (TPSA) is 108 Å². The van der Waals surface area contributed by atoms with Gasteiger partial charge in [-0.3, -0.25) is 9.59 Å². The number of nitrogens with zero attached hydrogens (tertiary/aromatic N) is 4. The fraction of sp³-hybridized carbons (Fsp3) is 0.103. The van der Waals surface area contributed by atoms with Crippen molar-refractivity contribution in [2.24, 2.45) is 20.5 Å². The van der Waals surface area contributed by atoms with Gasteiger partial charge in [-0.2, -0.15) is 20.5 Å². The van der Waals surface area contributed by atoms with E-state index in [1.807, 2.05) is 60.7 Å². The second-order valence-corrected chi connectivity index (χ2v) is 8.11. The number of hydrogen-bond acceptors (Lipinski definition) is 6. The van der Waals surface area contributed by atoms with E-state index in [9.17, 15) is 9.59 Å². The molecule has 184 valence electrons. The Kier molecular flexibility index (Phi) is 8.96. The van der Waals surface area contributed by atoms with E-state index in [4.69, 9.17) is 0 Å². The predicted molar refractivity (Wildman–Crippen MR) is 145 cm³/mol. The number of carbonyl (C=O) groups is 2. The third-order valence-electron chi connectivity index (χ3n) is 5.18. The molecular weight excluding hydrogens is 464 g/mol. The molecule has 0 fully saturated rings. The molecule has 8 heteroatoms. The van der Waals surface area contributed by atoms with E-state index < -0.39 is 0 Å². The minimum absolute atomic E-state index is 0.153. The van der Waals surface area contributed by atoms with Crippen molar-refractivity contribution in [3.63, 3.8) is 0 Å². The van der Waals surface area contributed by atoms with Crippen LogP contribution in [-0.2, 0) is 9.59 Å². The molecule has 0 radical (unpaired) electrons. The van der Waals surface area contributed by atoms with Crippen molar-refractivity contribution in [1.29, 1.82) is 0 Å². The highest BCUT2D eigenvalue weighted by Crippen LogP contribution is 2.21. The van der Waals surface area contributed by atoms with Crippen LogP contribution in [0.2, 0.25) is 0 Å². The van der Waals surface area contributed by atoms with E-state index in [0.29, 0.717) is 29.2 Å². The zero-order valence-corrected chi connectivity index (χ0v) is 20.1. The first-order valence-electron chi connectivity index (χ1n) is 11.9. The molecule has 0 saturated heterocycles. The summed E-state index contributed by atoms with van der Waals surface area (Å²) in [7, 11) is 0. The SMILES string of the molecule is O=C(CCCC(=O)Nc1ccc(N=Nc2ccccc2)cc1)Nc1ccc(N=Nc2ccccc2)cc1. The van der Waals surface area contributed by atoms with E-state index >= 15 is 0 Å². The lowest BCUT2D eigenvalue weighted by Crippen LogP contribution is -2.14. The van der Waals surface area contributed by atoms with Gasteiger partial charge in [-0.05, 0) is 79.2 Å². The molecule has 2 amide bonds. The van der Waals surface area contributed by atoms with Crippen LogP contribution in [0.5, 0.6) is 0 Å². The van der Waals surface area contributed by atoms with E-state index in [1.165, 1.54) is 0 Å². The number of rotatable bonds is 10. The van der Waals surface area contributed by atoms with Crippen LogP contribution in [-0.4, -0.2) is 11.8 Å². The van der Waals surface area contributed by atoms with Gasteiger partial charge in [0, 0.05) is 24.2 Å². The molecule has 0 unspecified atom stereocenters. The van der Waals surface area contributed by atoms with Gasteiger partial charge >= 0.3 is 0 Å². The van der Waals surface area contributed by atoms with Gasteiger partial charge in [0.05, 0.1) is 22.7 Å². The summed E-state index contributed by atoms with van der Waals surface area (Å²) in [5.41, 5.74) is 4.24. The van der Waals surface area contributed by atoms with Crippen LogP contribution >= 0.6 is 0 Å². The minimum Gasteiger partial charge on any atom is -0.326 e. The molecule has 0 aliphatic rings. The second kappa shape index (κ2) is 13.2. The molecular formula is C29H26N6O2. The van der Waals surface area contributed by atoms with Crippen molar-refractivity contribution in [1.82, 2.24) is 0 Å². The lowest BCUT2D eigenvalue weighted by Gasteiger charge is -2.07. The van der Waals surface area contributed by atoms with Crippen molar-refractivity contribution in [2.75, 3.05) is 10.6 Å². The first-order chi connectivity index (χ1) is 18.1. The molecule has 37 heavy (non-hydrogen) atoms. The molecule has 0 aromatic heterocycles. The molecule has 0 spiro atoms. The standard InChI is InChI=1S/C29H26N6O2/c36-28(30-22-14-18-26(19-15-22)34-32-24-8-3-1-4-9-24)12-7-13-29(37)31-23-16-20-27(21-17-23)35-33-25-10-5-2-6-11-25/h1-6,8-11,14-21H,7,12-13H2,(H,30,36)(H,31,37). The number of amides is 2. The molecule has 0 bridgehead atoms. The number of carbonyl (C=O) groups excluding carboxylic acids is 2. The Bertz CT molecular complexity index is 1250. The van der Waals surface area contributed by atoms with Gasteiger partial charge < -0.3 is 10.6 Å². The third kappa shape index (κ3) is 8.63. The van der Waals surface area contributed by atoms with E-state index in [0.717, 1.165) is 11.4 Å². The number of hydrogen-bond donors (Lipinski definition) is 2. The van der Waals surface area contributed by atoms with Crippen LogP contribution < -0.4 is 10.6 Å². The largest absolute Gasteiger partial charge is 0.326 e. The molecule has 4 aromatic rings. The van der Waals surface area contributed by atoms with Crippen molar-refractivity contribution in [2.45, 2.75) is 19.3 Å². The lowest BCUT2D eigenvalue weighted by atomic mass is 10.2. The number of nitrogens with one attached hydrogen (secondary N) is 2. The maximum absolute atomic E-state index is 12.2. The van der Waals surface area contributed by atoms with Gasteiger partial charge in [0.15, 0.2) is 0 Å². The van der Waals surface area contributed by atoms with Gasteiger partial charge in [-0.25, -0.2) is 0 Å². The Morgan fingerprint density at radius 2 is 0.784 bits per heavy atom. The van der Waals surface area contributed by atoms with Gasteiger partial charge in [0.2, 0.25) is 11.8 Å². The lowest BCUT2D eigenvalue weighted by molar-refractivity contribution is -0.117. The average Bonchev–Trinajstić information content (AvgIpc) is 2.93. The van der Waals surface area contributed by atoms with Crippen molar-refractivity contribution in [3.8, 4) is 0 Å². The summed E-state index contributed by atoms with van der Waals surface area (Å²) in [4.78, 5) is 24.5. The quantitative estimate of drug-likeness (QED) is 0.218. The first-order valence-corrected chi connectivity index (χ1v) is 11.9. The Morgan fingerprint density at radius 1 is 0.459 bits per heavy atom. The van der Waals surface area contributed by atoms with E-state index in [-0.39, 0.29) is 24.7 Å². The molecule has 0 heterocycles. The van der Waals surface area contributed by atoms with Crippen LogP contribution in [0.25, 0.3) is 0 Å². The normalized spacial score (nSPS) is 11.0. The summed E-state index contributed by atoms with van der Waals surface area (Å²) < 4.78 is 0. The summed E-state index contributed by atoms with van der Waals surface area (Å²) in [5, 5.41) is 22.4. The highest BCUT2D eigenvalue weighted by atomic mass is 16.2. The summed E-state index contributed by atoms with van der Waals surface area (Å²) >= 11 is 0. The number of benzene rings is 4. The van der Waals surface area contributed by atoms with Crippen LogP contribution in [0, 0.1) is 0 Å². The average molecular weight is 491 g/mol. The van der Waals surface area contributed by atoms with Crippen molar-refractivity contribution in [3.05, 3.63) is 109 Å². The fourth-order valence-corrected chi connectivity index (χ4v) is 3.30. The van der Waals surface area contributed by atoms with Crippen LogP contribution in [0.15, 0.2) is 130 Å². The zero-order valence-electron chi connectivity index (χ0n) is 20.1. The Morgan fingerprint density at radius 3 is 1.14 bits per heavy atom. The maximum atomic E-state index is 12.2. The van der Waals surface area contributed by atoms with Crippen LogP contribution in [0.3, 0.4) is 0 Å². The summed E-state index contributed by atoms with van der Waals surface area (Å²) in [6.07, 6.45) is 0.911. The van der Waals surface area contributed by atoms with Crippen LogP contribution in [0.1, 0.15) is 19.3 Å². The van der Waals surface area contributed by atoms with Gasteiger partial charge in [0.1, 0.15) is 0 Å². The molecule has 4 rings (SSSR count). The predicted octanol–water partition coefficient (Wildman–Crippen LogP) is 8.26. The van der Waals surface area contributed by atoms with E-state index in [1.54, 1.807) is 48.5 Å². The molecule has 0 aliphatic carbocycles. The highest BCUT2D eigenvalue weighted by Gasteiger charge is 2.07. The Hall–Kier alpha value is -4.98. The van der Waals surface area contributed by atoms with Gasteiger partial charge in [-0.1, -0.05) is 36.4 Å². The van der Waals surface area contributed by atoms with E-state index in [2.05, 4.69) is 31.1 Å². The molecule has 2 N–H and O–H groups in total. The maximum Gasteiger partial charge on any atom is 0.224 e. The fourth-order valence-electron chi connectivity index (χ4n) is 3.30. The minimum atomic E-state index is -0.153. The monoisotopic (exact) mass is 490 g/mol. The molecule has 0 saturated carbocycles. The number of anilines is 2. The molecule has 0 aliphatic heterocycles. The highest BCUT2D eigenvalue weighted by molar-refractivity contribution is 5.93. The van der Waals surface area contributed by atoms with Gasteiger partial charge in [0.25, 0.3) is 0 Å². The number of azo groups is 2. The molecule has 4 aromatic carbocycles. The smallest absolute Gasteiger partial charge is 0.224 e. The van der Waals surface area contributed by atoms with Crippen LogP contribution in [0.4, 0.5) is 34.1 Å². The second-order valence-electron chi connectivity index (χ2n) is 8.11. The third-order valence-corrected chi connectivity index (χ3v) is 5.18. The zero-order chi connectivity index (χ0) is 25.7. The molecule has 8 nitrogen and oxygen atoms in total. The van der Waals surface area contributed by atoms with Gasteiger partial charge in [-0.15, -0.1) is 0 Å².